The van der Waals surface area contributed by atoms with Crippen LogP contribution in [0.25, 0.3) is 0 Å². The van der Waals surface area contributed by atoms with Gasteiger partial charge in [0, 0.05) is 13.2 Å². The van der Waals surface area contributed by atoms with Gasteiger partial charge >= 0.3 is 0 Å². The lowest BCUT2D eigenvalue weighted by Crippen LogP contribution is -2.34. The first-order chi connectivity index (χ1) is 6.38. The van der Waals surface area contributed by atoms with Crippen LogP contribution in [0.5, 0.6) is 0 Å². The molecule has 4 nitrogen and oxygen atoms in total. The molecule has 0 amide bonds. The van der Waals surface area contributed by atoms with E-state index in [1.54, 1.807) is 0 Å². The molecule has 1 aliphatic heterocycles. The van der Waals surface area contributed by atoms with Gasteiger partial charge in [0.25, 0.3) is 0 Å². The van der Waals surface area contributed by atoms with Crippen LogP contribution in [0.3, 0.4) is 0 Å². The maximum atomic E-state index is 5.45. The summed E-state index contributed by atoms with van der Waals surface area (Å²) in [6, 6.07) is 0. The van der Waals surface area contributed by atoms with Crippen LogP contribution < -0.4 is 0 Å². The van der Waals surface area contributed by atoms with Crippen molar-refractivity contribution in [3.8, 4) is 0 Å². The molecule has 1 atom stereocenters. The average Bonchev–Trinajstić information content (AvgIpc) is 2.65. The summed E-state index contributed by atoms with van der Waals surface area (Å²) in [5.74, 6) is 0. The van der Waals surface area contributed by atoms with Crippen molar-refractivity contribution in [2.24, 2.45) is 0 Å². The molecule has 1 unspecified atom stereocenters. The summed E-state index contributed by atoms with van der Waals surface area (Å²) in [5.41, 5.74) is 0. The van der Waals surface area contributed by atoms with Crippen molar-refractivity contribution in [2.45, 2.75) is 26.2 Å². The Morgan fingerprint density at radius 3 is 2.46 bits per heavy atom. The predicted octanol–water partition coefficient (Wildman–Crippen LogP) is 0.801. The van der Waals surface area contributed by atoms with Crippen LogP contribution in [0.15, 0.2) is 0 Å². The fraction of sp³-hybridized carbons (Fsp3) is 1.00. The molecule has 0 aromatic carbocycles. The number of ether oxygens (including phenoxy) is 4. The molecule has 0 radical (unpaired) electrons. The molecule has 0 aliphatic carbocycles. The van der Waals surface area contributed by atoms with E-state index in [2.05, 4.69) is 0 Å². The average molecular weight is 190 g/mol. The lowest BCUT2D eigenvalue weighted by atomic mass is 10.3. The fourth-order valence-corrected chi connectivity index (χ4v) is 1.24. The zero-order valence-electron chi connectivity index (χ0n) is 8.32. The van der Waals surface area contributed by atoms with E-state index in [0.717, 1.165) is 0 Å². The van der Waals surface area contributed by atoms with Gasteiger partial charge in [-0.1, -0.05) is 0 Å². The van der Waals surface area contributed by atoms with Gasteiger partial charge in [0.05, 0.1) is 19.8 Å². The van der Waals surface area contributed by atoms with Gasteiger partial charge in [0.2, 0.25) is 0 Å². The molecule has 0 spiro atoms. The standard InChI is InChI=1S/C9H18O4/c1-3-10-7-8(11-4-2)9-12-5-6-13-9/h8-9H,3-7H2,1-2H3. The summed E-state index contributed by atoms with van der Waals surface area (Å²) in [5, 5.41) is 0. The van der Waals surface area contributed by atoms with Crippen molar-refractivity contribution in [2.75, 3.05) is 33.0 Å². The summed E-state index contributed by atoms with van der Waals surface area (Å²) in [7, 11) is 0. The van der Waals surface area contributed by atoms with Crippen molar-refractivity contribution in [3.63, 3.8) is 0 Å². The Balaban J connectivity index is 2.26. The lowest BCUT2D eigenvalue weighted by Gasteiger charge is -2.21. The van der Waals surface area contributed by atoms with Gasteiger partial charge in [-0.2, -0.15) is 0 Å². The monoisotopic (exact) mass is 190 g/mol. The predicted molar refractivity (Wildman–Crippen MR) is 47.6 cm³/mol. The van der Waals surface area contributed by atoms with E-state index in [4.69, 9.17) is 18.9 Å². The summed E-state index contributed by atoms with van der Waals surface area (Å²) in [6.07, 6.45) is -0.334. The topological polar surface area (TPSA) is 36.9 Å². The minimum Gasteiger partial charge on any atom is -0.379 e. The van der Waals surface area contributed by atoms with Crippen LogP contribution >= 0.6 is 0 Å². The SMILES string of the molecule is CCOCC(OCC)C1OCCO1. The van der Waals surface area contributed by atoms with Crippen LogP contribution in [0.4, 0.5) is 0 Å². The van der Waals surface area contributed by atoms with E-state index in [9.17, 15) is 0 Å². The van der Waals surface area contributed by atoms with Crippen LogP contribution in [0, 0.1) is 0 Å². The molecule has 78 valence electrons. The minimum atomic E-state index is -0.244. The molecule has 0 saturated carbocycles. The fourth-order valence-electron chi connectivity index (χ4n) is 1.24. The molecule has 4 heteroatoms. The van der Waals surface area contributed by atoms with Crippen LogP contribution in [-0.4, -0.2) is 45.4 Å². The van der Waals surface area contributed by atoms with Crippen LogP contribution in [-0.2, 0) is 18.9 Å². The second kappa shape index (κ2) is 6.32. The highest BCUT2D eigenvalue weighted by Crippen LogP contribution is 2.12. The van der Waals surface area contributed by atoms with Crippen molar-refractivity contribution < 1.29 is 18.9 Å². The van der Waals surface area contributed by atoms with E-state index in [1.165, 1.54) is 0 Å². The summed E-state index contributed by atoms with van der Waals surface area (Å²) in [4.78, 5) is 0. The highest BCUT2D eigenvalue weighted by atomic mass is 16.7. The molecule has 0 aromatic heterocycles. The van der Waals surface area contributed by atoms with E-state index in [-0.39, 0.29) is 12.4 Å². The molecule has 13 heavy (non-hydrogen) atoms. The normalized spacial score (nSPS) is 20.8. The highest BCUT2D eigenvalue weighted by Gasteiger charge is 2.27. The molecular weight excluding hydrogens is 172 g/mol. The second-order valence-electron chi connectivity index (χ2n) is 2.76. The van der Waals surface area contributed by atoms with Gasteiger partial charge in [-0.25, -0.2) is 0 Å². The molecule has 1 saturated heterocycles. The number of rotatable bonds is 6. The van der Waals surface area contributed by atoms with Gasteiger partial charge in [-0.15, -0.1) is 0 Å². The zero-order chi connectivity index (χ0) is 9.52. The molecule has 1 rings (SSSR count). The smallest absolute Gasteiger partial charge is 0.186 e. The number of hydrogen-bond acceptors (Lipinski definition) is 4. The molecule has 1 heterocycles. The van der Waals surface area contributed by atoms with E-state index in [1.807, 2.05) is 13.8 Å². The third-order valence-corrected chi connectivity index (χ3v) is 1.82. The van der Waals surface area contributed by atoms with Crippen LogP contribution in [0.2, 0.25) is 0 Å². The first-order valence-corrected chi connectivity index (χ1v) is 4.81. The molecule has 0 N–H and O–H groups in total. The van der Waals surface area contributed by atoms with Crippen LogP contribution in [0.1, 0.15) is 13.8 Å². The maximum Gasteiger partial charge on any atom is 0.186 e. The van der Waals surface area contributed by atoms with Gasteiger partial charge in [0.15, 0.2) is 6.29 Å². The zero-order valence-corrected chi connectivity index (χ0v) is 8.32. The van der Waals surface area contributed by atoms with E-state index < -0.39 is 0 Å². The van der Waals surface area contributed by atoms with Crippen molar-refractivity contribution in [1.29, 1.82) is 0 Å². The van der Waals surface area contributed by atoms with Crippen molar-refractivity contribution >= 4 is 0 Å². The largest absolute Gasteiger partial charge is 0.379 e. The molecule has 1 fully saturated rings. The van der Waals surface area contributed by atoms with Gasteiger partial charge in [-0.3, -0.25) is 0 Å². The first-order valence-electron chi connectivity index (χ1n) is 4.81. The number of hydrogen-bond donors (Lipinski definition) is 0. The minimum absolute atomic E-state index is 0.0903. The third-order valence-electron chi connectivity index (χ3n) is 1.82. The molecule has 1 aliphatic rings. The molecule has 0 aromatic rings. The van der Waals surface area contributed by atoms with Crippen molar-refractivity contribution in [1.82, 2.24) is 0 Å². The van der Waals surface area contributed by atoms with Gasteiger partial charge in [-0.05, 0) is 13.8 Å². The Kier molecular flexibility index (Phi) is 5.31. The lowest BCUT2D eigenvalue weighted by molar-refractivity contribution is -0.160. The van der Waals surface area contributed by atoms with Crippen molar-refractivity contribution in [3.05, 3.63) is 0 Å². The summed E-state index contributed by atoms with van der Waals surface area (Å²) < 4.78 is 21.4. The second-order valence-corrected chi connectivity index (χ2v) is 2.76. The first kappa shape index (κ1) is 10.9. The van der Waals surface area contributed by atoms with Gasteiger partial charge in [0.1, 0.15) is 6.10 Å². The highest BCUT2D eigenvalue weighted by molar-refractivity contribution is 4.65. The summed E-state index contributed by atoms with van der Waals surface area (Å²) in [6.45, 7) is 7.10. The Labute approximate surface area is 79.1 Å². The Hall–Kier alpha value is -0.160. The quantitative estimate of drug-likeness (QED) is 0.621. The maximum absolute atomic E-state index is 5.45. The Bertz CT molecular complexity index is 123. The Morgan fingerprint density at radius 2 is 1.92 bits per heavy atom. The Morgan fingerprint density at radius 1 is 1.23 bits per heavy atom. The third kappa shape index (κ3) is 3.60. The molecule has 0 bridgehead atoms. The van der Waals surface area contributed by atoms with E-state index in [0.29, 0.717) is 33.0 Å². The van der Waals surface area contributed by atoms with Gasteiger partial charge < -0.3 is 18.9 Å². The summed E-state index contributed by atoms with van der Waals surface area (Å²) >= 11 is 0. The molecular formula is C9H18O4. The van der Waals surface area contributed by atoms with E-state index >= 15 is 0 Å².